The predicted octanol–water partition coefficient (Wildman–Crippen LogP) is 4.13. The van der Waals surface area contributed by atoms with E-state index in [0.29, 0.717) is 21.5 Å². The number of ether oxygens (including phenoxy) is 1. The molecule has 104 valence electrons. The average molecular weight is 360 g/mol. The zero-order chi connectivity index (χ0) is 14.7. The number of halogens is 3. The van der Waals surface area contributed by atoms with Crippen molar-refractivity contribution in [3.63, 3.8) is 0 Å². The molecule has 0 fully saturated rings. The van der Waals surface area contributed by atoms with Crippen LogP contribution in [-0.2, 0) is 0 Å². The summed E-state index contributed by atoms with van der Waals surface area (Å²) in [6.07, 6.45) is 0. The maximum absolute atomic E-state index is 13.4. The zero-order valence-corrected chi connectivity index (χ0v) is 12.3. The van der Waals surface area contributed by atoms with E-state index in [0.717, 1.165) is 0 Å². The summed E-state index contributed by atoms with van der Waals surface area (Å²) in [7, 11) is 0. The average Bonchev–Trinajstić information content (AvgIpc) is 2.44. The molecule has 2 aromatic carbocycles. The molecule has 0 spiro atoms. The van der Waals surface area contributed by atoms with Crippen LogP contribution in [0.2, 0.25) is 5.02 Å². The van der Waals surface area contributed by atoms with Gasteiger partial charge in [0.15, 0.2) is 5.84 Å². The zero-order valence-electron chi connectivity index (χ0n) is 9.98. The Kier molecular flexibility index (Phi) is 4.46. The first-order valence-electron chi connectivity index (χ1n) is 5.41. The molecule has 4 nitrogen and oxygen atoms in total. The SMILES string of the molecule is N/C(=N/O)c1ccc(Oc2cc(F)c(Cl)cc2Br)cc1. The first-order chi connectivity index (χ1) is 9.51. The van der Waals surface area contributed by atoms with Crippen LogP contribution in [0.4, 0.5) is 4.39 Å². The van der Waals surface area contributed by atoms with Crippen molar-refractivity contribution in [3.8, 4) is 11.5 Å². The van der Waals surface area contributed by atoms with E-state index in [2.05, 4.69) is 21.1 Å². The minimum atomic E-state index is -0.571. The lowest BCUT2D eigenvalue weighted by Gasteiger charge is -2.09. The van der Waals surface area contributed by atoms with Crippen LogP contribution in [0.25, 0.3) is 0 Å². The Morgan fingerprint density at radius 3 is 2.55 bits per heavy atom. The monoisotopic (exact) mass is 358 g/mol. The van der Waals surface area contributed by atoms with E-state index in [1.165, 1.54) is 12.1 Å². The molecule has 0 aliphatic carbocycles. The number of hydrogen-bond donors (Lipinski definition) is 2. The Morgan fingerprint density at radius 2 is 1.95 bits per heavy atom. The van der Waals surface area contributed by atoms with Crippen molar-refractivity contribution in [1.29, 1.82) is 0 Å². The molecule has 0 aliphatic rings. The minimum Gasteiger partial charge on any atom is -0.456 e. The topological polar surface area (TPSA) is 67.8 Å². The van der Waals surface area contributed by atoms with Gasteiger partial charge >= 0.3 is 0 Å². The second-order valence-corrected chi connectivity index (χ2v) is 5.07. The number of oxime groups is 1. The maximum Gasteiger partial charge on any atom is 0.170 e. The smallest absolute Gasteiger partial charge is 0.170 e. The molecule has 0 atom stereocenters. The third-order valence-electron chi connectivity index (χ3n) is 2.46. The fourth-order valence-electron chi connectivity index (χ4n) is 1.46. The molecule has 0 aromatic heterocycles. The van der Waals surface area contributed by atoms with Crippen LogP contribution < -0.4 is 10.5 Å². The Labute approximate surface area is 127 Å². The van der Waals surface area contributed by atoms with E-state index in [1.807, 2.05) is 0 Å². The highest BCUT2D eigenvalue weighted by molar-refractivity contribution is 9.10. The molecule has 20 heavy (non-hydrogen) atoms. The lowest BCUT2D eigenvalue weighted by Crippen LogP contribution is -2.12. The van der Waals surface area contributed by atoms with Crippen LogP contribution in [0, 0.1) is 5.82 Å². The normalized spacial score (nSPS) is 11.4. The van der Waals surface area contributed by atoms with Gasteiger partial charge in [0, 0.05) is 11.6 Å². The molecule has 0 heterocycles. The molecule has 3 N–H and O–H groups in total. The first kappa shape index (κ1) is 14.6. The minimum absolute atomic E-state index is 0.00438. The van der Waals surface area contributed by atoms with Gasteiger partial charge in [-0.1, -0.05) is 16.8 Å². The fourth-order valence-corrected chi connectivity index (χ4v) is 2.18. The number of benzene rings is 2. The number of rotatable bonds is 3. The molecule has 2 aromatic rings. The first-order valence-corrected chi connectivity index (χ1v) is 6.58. The quantitative estimate of drug-likeness (QED) is 0.285. The van der Waals surface area contributed by atoms with E-state index in [4.69, 9.17) is 27.3 Å². The standard InChI is InChI=1S/C13H9BrClFN2O2/c14-9-5-10(15)11(16)6-12(9)20-8-3-1-7(2-4-8)13(17)18-19/h1-6,19H,(H2,17,18). The van der Waals surface area contributed by atoms with Crippen LogP contribution in [0.5, 0.6) is 11.5 Å². The Morgan fingerprint density at radius 1 is 1.30 bits per heavy atom. The van der Waals surface area contributed by atoms with Crippen LogP contribution in [0.3, 0.4) is 0 Å². The molecule has 7 heteroatoms. The highest BCUT2D eigenvalue weighted by Crippen LogP contribution is 2.33. The van der Waals surface area contributed by atoms with Gasteiger partial charge in [0.1, 0.15) is 17.3 Å². The summed E-state index contributed by atoms with van der Waals surface area (Å²) in [4.78, 5) is 0. The summed E-state index contributed by atoms with van der Waals surface area (Å²) in [6.45, 7) is 0. The second-order valence-electron chi connectivity index (χ2n) is 3.81. The van der Waals surface area contributed by atoms with E-state index in [9.17, 15) is 4.39 Å². The summed E-state index contributed by atoms with van der Waals surface area (Å²) in [5, 5.41) is 11.5. The number of nitrogens with zero attached hydrogens (tertiary/aromatic N) is 1. The molecule has 2 rings (SSSR count). The molecular formula is C13H9BrClFN2O2. The van der Waals surface area contributed by atoms with Crippen LogP contribution in [0.1, 0.15) is 5.56 Å². The number of amidine groups is 1. The van der Waals surface area contributed by atoms with Crippen molar-refractivity contribution >= 4 is 33.4 Å². The third-order valence-corrected chi connectivity index (χ3v) is 3.37. The van der Waals surface area contributed by atoms with Gasteiger partial charge in [-0.15, -0.1) is 0 Å². The Balaban J connectivity index is 2.24. The lowest BCUT2D eigenvalue weighted by atomic mass is 10.2. The highest BCUT2D eigenvalue weighted by atomic mass is 79.9. The van der Waals surface area contributed by atoms with Crippen molar-refractivity contribution in [2.45, 2.75) is 0 Å². The summed E-state index contributed by atoms with van der Waals surface area (Å²) in [6, 6.07) is 9.06. The predicted molar refractivity (Wildman–Crippen MR) is 78.1 cm³/mol. The van der Waals surface area contributed by atoms with Crippen molar-refractivity contribution in [2.75, 3.05) is 0 Å². The lowest BCUT2D eigenvalue weighted by molar-refractivity contribution is 0.318. The summed E-state index contributed by atoms with van der Waals surface area (Å²) >= 11 is 8.89. The fraction of sp³-hybridized carbons (Fsp3) is 0. The highest BCUT2D eigenvalue weighted by Gasteiger charge is 2.09. The Hall–Kier alpha value is -1.79. The molecule has 0 amide bonds. The summed E-state index contributed by atoms with van der Waals surface area (Å²) < 4.78 is 19.4. The van der Waals surface area contributed by atoms with Crippen LogP contribution >= 0.6 is 27.5 Å². The van der Waals surface area contributed by atoms with Gasteiger partial charge in [-0.2, -0.15) is 0 Å². The van der Waals surface area contributed by atoms with Gasteiger partial charge < -0.3 is 15.7 Å². The van der Waals surface area contributed by atoms with E-state index in [1.54, 1.807) is 24.3 Å². The molecule has 0 saturated heterocycles. The van der Waals surface area contributed by atoms with Gasteiger partial charge in [0.25, 0.3) is 0 Å². The molecule has 0 saturated carbocycles. The van der Waals surface area contributed by atoms with E-state index >= 15 is 0 Å². The molecule has 0 bridgehead atoms. The van der Waals surface area contributed by atoms with Crippen LogP contribution in [-0.4, -0.2) is 11.0 Å². The van der Waals surface area contributed by atoms with Crippen molar-refractivity contribution < 1.29 is 14.3 Å². The number of nitrogens with two attached hydrogens (primary N) is 1. The van der Waals surface area contributed by atoms with E-state index in [-0.39, 0.29) is 10.9 Å². The summed E-state index contributed by atoms with van der Waals surface area (Å²) in [5.41, 5.74) is 5.99. The maximum atomic E-state index is 13.4. The van der Waals surface area contributed by atoms with Gasteiger partial charge in [-0.05, 0) is 46.3 Å². The molecule has 0 unspecified atom stereocenters. The van der Waals surface area contributed by atoms with Gasteiger partial charge in [0.05, 0.1) is 9.50 Å². The second kappa shape index (κ2) is 6.11. The molecule has 0 aliphatic heterocycles. The van der Waals surface area contributed by atoms with Crippen molar-refractivity contribution in [1.82, 2.24) is 0 Å². The van der Waals surface area contributed by atoms with Crippen molar-refractivity contribution in [2.24, 2.45) is 10.9 Å². The van der Waals surface area contributed by atoms with E-state index < -0.39 is 5.82 Å². The van der Waals surface area contributed by atoms with Crippen LogP contribution in [0.15, 0.2) is 46.0 Å². The largest absolute Gasteiger partial charge is 0.456 e. The van der Waals surface area contributed by atoms with Gasteiger partial charge in [0.2, 0.25) is 0 Å². The third kappa shape index (κ3) is 3.20. The van der Waals surface area contributed by atoms with Gasteiger partial charge in [-0.3, -0.25) is 0 Å². The van der Waals surface area contributed by atoms with Crippen molar-refractivity contribution in [3.05, 3.63) is 57.3 Å². The summed E-state index contributed by atoms with van der Waals surface area (Å²) in [5.74, 6) is 0.193. The Bertz CT molecular complexity index is 662. The number of hydrogen-bond acceptors (Lipinski definition) is 3. The molecular weight excluding hydrogens is 351 g/mol. The van der Waals surface area contributed by atoms with Gasteiger partial charge in [-0.25, -0.2) is 4.39 Å². The molecule has 0 radical (unpaired) electrons.